The number of hydrogen-bond donors (Lipinski definition) is 0. The van der Waals surface area contributed by atoms with Crippen molar-refractivity contribution in [1.82, 2.24) is 19.9 Å². The zero-order chi connectivity index (χ0) is 16.2. The van der Waals surface area contributed by atoms with Gasteiger partial charge < -0.3 is 14.5 Å². The van der Waals surface area contributed by atoms with E-state index in [0.717, 1.165) is 37.8 Å². The third-order valence-corrected chi connectivity index (χ3v) is 5.14. The first kappa shape index (κ1) is 16.1. The molecule has 3 heterocycles. The molecule has 1 atom stereocenters. The standard InChI is InChI=1S/C16H23N5OS/c1-12-14(23-11-18-12)10-20(2)8-13-5-7-21(9-13)16-17-6-4-15(19-16)22-3/h4,6,11,13H,5,7-10H2,1-3H3/t13-/m0/s1. The van der Waals surface area contributed by atoms with E-state index in [1.807, 2.05) is 5.51 Å². The predicted molar refractivity (Wildman–Crippen MR) is 92.1 cm³/mol. The minimum absolute atomic E-state index is 0.622. The molecular formula is C16H23N5OS. The largest absolute Gasteiger partial charge is 0.481 e. The maximum Gasteiger partial charge on any atom is 0.228 e. The second kappa shape index (κ2) is 7.23. The Hall–Kier alpha value is -1.73. The second-order valence-electron chi connectivity index (χ2n) is 6.06. The molecule has 124 valence electrons. The fraction of sp³-hybridized carbons (Fsp3) is 0.562. The van der Waals surface area contributed by atoms with Crippen molar-refractivity contribution < 1.29 is 4.74 Å². The summed E-state index contributed by atoms with van der Waals surface area (Å²) in [6.07, 6.45) is 2.93. The molecule has 1 saturated heterocycles. The number of hydrogen-bond acceptors (Lipinski definition) is 7. The Morgan fingerprint density at radius 1 is 1.43 bits per heavy atom. The number of anilines is 1. The van der Waals surface area contributed by atoms with Gasteiger partial charge in [-0.3, -0.25) is 0 Å². The van der Waals surface area contributed by atoms with Crippen molar-refractivity contribution in [3.05, 3.63) is 28.3 Å². The van der Waals surface area contributed by atoms with Crippen LogP contribution in [-0.4, -0.2) is 53.6 Å². The SMILES string of the molecule is COc1ccnc(N2CC[C@@H](CN(C)Cc3scnc3C)C2)n1. The normalized spacial score (nSPS) is 17.9. The van der Waals surface area contributed by atoms with Crippen LogP contribution < -0.4 is 9.64 Å². The van der Waals surface area contributed by atoms with Crippen molar-refractivity contribution in [2.24, 2.45) is 5.92 Å². The smallest absolute Gasteiger partial charge is 0.228 e. The van der Waals surface area contributed by atoms with Crippen LogP contribution in [0.4, 0.5) is 5.95 Å². The van der Waals surface area contributed by atoms with Gasteiger partial charge in [-0.2, -0.15) is 4.98 Å². The Kier molecular flexibility index (Phi) is 5.07. The Morgan fingerprint density at radius 2 is 2.30 bits per heavy atom. The third kappa shape index (κ3) is 3.97. The van der Waals surface area contributed by atoms with Crippen LogP contribution in [0.3, 0.4) is 0 Å². The third-order valence-electron chi connectivity index (χ3n) is 4.22. The number of methoxy groups -OCH3 is 1. The fourth-order valence-corrected chi connectivity index (χ4v) is 3.85. The fourth-order valence-electron chi connectivity index (χ4n) is 2.99. The first-order valence-corrected chi connectivity index (χ1v) is 8.73. The van der Waals surface area contributed by atoms with Crippen LogP contribution in [0.1, 0.15) is 17.0 Å². The summed E-state index contributed by atoms with van der Waals surface area (Å²) in [4.78, 5) is 19.1. The Balaban J connectivity index is 1.54. The minimum atomic E-state index is 0.622. The van der Waals surface area contributed by atoms with Crippen LogP contribution in [0.2, 0.25) is 0 Å². The zero-order valence-electron chi connectivity index (χ0n) is 13.9. The number of aromatic nitrogens is 3. The highest BCUT2D eigenvalue weighted by Crippen LogP contribution is 2.23. The van der Waals surface area contributed by atoms with E-state index in [9.17, 15) is 0 Å². The van der Waals surface area contributed by atoms with Crippen molar-refractivity contribution in [2.45, 2.75) is 19.9 Å². The molecule has 2 aromatic rings. The molecule has 1 aliphatic rings. The molecular weight excluding hydrogens is 310 g/mol. The first-order valence-electron chi connectivity index (χ1n) is 7.85. The summed E-state index contributed by atoms with van der Waals surface area (Å²) in [7, 11) is 3.82. The van der Waals surface area contributed by atoms with Crippen LogP contribution in [0.5, 0.6) is 5.88 Å². The highest BCUT2D eigenvalue weighted by molar-refractivity contribution is 7.09. The van der Waals surface area contributed by atoms with E-state index in [1.54, 1.807) is 30.7 Å². The highest BCUT2D eigenvalue weighted by Gasteiger charge is 2.25. The predicted octanol–water partition coefficient (Wildman–Crippen LogP) is 2.21. The van der Waals surface area contributed by atoms with Gasteiger partial charge in [0, 0.05) is 43.3 Å². The van der Waals surface area contributed by atoms with Crippen LogP contribution in [0.15, 0.2) is 17.8 Å². The summed E-state index contributed by atoms with van der Waals surface area (Å²) in [5.74, 6) is 2.03. The molecule has 0 N–H and O–H groups in total. The summed E-state index contributed by atoms with van der Waals surface area (Å²) in [5.41, 5.74) is 3.08. The lowest BCUT2D eigenvalue weighted by molar-refractivity contribution is 0.281. The Labute approximate surface area is 141 Å². The number of thiazole rings is 1. The summed E-state index contributed by atoms with van der Waals surface area (Å²) >= 11 is 1.74. The average molecular weight is 333 g/mol. The molecule has 6 nitrogen and oxygen atoms in total. The summed E-state index contributed by atoms with van der Waals surface area (Å²) in [6, 6.07) is 1.78. The quantitative estimate of drug-likeness (QED) is 0.808. The summed E-state index contributed by atoms with van der Waals surface area (Å²) in [5, 5.41) is 0. The Morgan fingerprint density at radius 3 is 3.04 bits per heavy atom. The average Bonchev–Trinajstić information content (AvgIpc) is 3.17. The number of ether oxygens (including phenoxy) is 1. The van der Waals surface area contributed by atoms with Gasteiger partial charge in [-0.15, -0.1) is 11.3 Å². The van der Waals surface area contributed by atoms with E-state index >= 15 is 0 Å². The van der Waals surface area contributed by atoms with Gasteiger partial charge in [-0.25, -0.2) is 9.97 Å². The van der Waals surface area contributed by atoms with E-state index < -0.39 is 0 Å². The molecule has 0 aliphatic carbocycles. The van der Waals surface area contributed by atoms with Crippen LogP contribution in [0, 0.1) is 12.8 Å². The van der Waals surface area contributed by atoms with Gasteiger partial charge in [0.05, 0.1) is 18.3 Å². The summed E-state index contributed by atoms with van der Waals surface area (Å²) in [6.45, 7) is 6.14. The zero-order valence-corrected chi connectivity index (χ0v) is 14.7. The molecule has 7 heteroatoms. The molecule has 0 spiro atoms. The van der Waals surface area contributed by atoms with Gasteiger partial charge in [0.25, 0.3) is 0 Å². The van der Waals surface area contributed by atoms with Crippen molar-refractivity contribution >= 4 is 17.3 Å². The molecule has 3 rings (SSSR count). The van der Waals surface area contributed by atoms with Crippen molar-refractivity contribution in [2.75, 3.05) is 38.7 Å². The van der Waals surface area contributed by atoms with Gasteiger partial charge in [0.2, 0.25) is 11.8 Å². The molecule has 2 aromatic heterocycles. The maximum atomic E-state index is 5.18. The van der Waals surface area contributed by atoms with Gasteiger partial charge in [-0.1, -0.05) is 0 Å². The van der Waals surface area contributed by atoms with Gasteiger partial charge >= 0.3 is 0 Å². The van der Waals surface area contributed by atoms with E-state index in [0.29, 0.717) is 11.8 Å². The molecule has 0 aromatic carbocycles. The topological polar surface area (TPSA) is 54.4 Å². The van der Waals surface area contributed by atoms with E-state index in [1.165, 1.54) is 11.3 Å². The number of rotatable bonds is 6. The summed E-state index contributed by atoms with van der Waals surface area (Å²) < 4.78 is 5.18. The lowest BCUT2D eigenvalue weighted by Gasteiger charge is -2.21. The van der Waals surface area contributed by atoms with Gasteiger partial charge in [0.1, 0.15) is 0 Å². The maximum absolute atomic E-state index is 5.18. The van der Waals surface area contributed by atoms with Crippen LogP contribution in [0.25, 0.3) is 0 Å². The number of nitrogens with zero attached hydrogens (tertiary/aromatic N) is 5. The van der Waals surface area contributed by atoms with Crippen molar-refractivity contribution in [3.8, 4) is 5.88 Å². The first-order chi connectivity index (χ1) is 11.2. The van der Waals surface area contributed by atoms with Gasteiger partial charge in [-0.05, 0) is 26.3 Å². The minimum Gasteiger partial charge on any atom is -0.481 e. The van der Waals surface area contributed by atoms with Crippen LogP contribution >= 0.6 is 11.3 Å². The molecule has 0 saturated carbocycles. The lowest BCUT2D eigenvalue weighted by atomic mass is 10.1. The molecule has 0 unspecified atom stereocenters. The van der Waals surface area contributed by atoms with E-state index in [4.69, 9.17) is 4.74 Å². The van der Waals surface area contributed by atoms with E-state index in [-0.39, 0.29) is 0 Å². The number of aryl methyl sites for hydroxylation is 1. The van der Waals surface area contributed by atoms with Crippen LogP contribution in [-0.2, 0) is 6.54 Å². The molecule has 0 radical (unpaired) electrons. The molecule has 0 bridgehead atoms. The molecule has 1 aliphatic heterocycles. The molecule has 1 fully saturated rings. The molecule has 23 heavy (non-hydrogen) atoms. The molecule has 0 amide bonds. The van der Waals surface area contributed by atoms with Crippen molar-refractivity contribution in [3.63, 3.8) is 0 Å². The van der Waals surface area contributed by atoms with Gasteiger partial charge in [0.15, 0.2) is 0 Å². The van der Waals surface area contributed by atoms with Crippen molar-refractivity contribution in [1.29, 1.82) is 0 Å². The van der Waals surface area contributed by atoms with E-state index in [2.05, 4.69) is 38.7 Å². The Bertz CT molecular complexity index is 647. The second-order valence-corrected chi connectivity index (χ2v) is 7.00. The monoisotopic (exact) mass is 333 g/mol. The lowest BCUT2D eigenvalue weighted by Crippen LogP contribution is -2.28. The highest BCUT2D eigenvalue weighted by atomic mass is 32.1.